The third-order valence-corrected chi connectivity index (χ3v) is 10.4. The first kappa shape index (κ1) is 33.5. The number of nitrogens with one attached hydrogen (secondary N) is 2. The number of benzene rings is 3. The first-order chi connectivity index (χ1) is 20.0. The average Bonchev–Trinajstić information content (AvgIpc) is 2.96. The molecule has 0 saturated heterocycles. The van der Waals surface area contributed by atoms with E-state index in [1.165, 1.54) is 28.8 Å². The summed E-state index contributed by atoms with van der Waals surface area (Å²) >= 11 is 0. The molecule has 3 rings (SSSR count). The van der Waals surface area contributed by atoms with Crippen molar-refractivity contribution in [2.75, 3.05) is 72.2 Å². The number of anilines is 2. The molecule has 3 aromatic rings. The van der Waals surface area contributed by atoms with Crippen LogP contribution in [0.15, 0.2) is 82.6 Å². The number of methoxy groups -OCH3 is 1. The summed E-state index contributed by atoms with van der Waals surface area (Å²) in [5, 5.41) is 6.45. The highest BCUT2D eigenvalue weighted by atomic mass is 32.2. The fourth-order valence-electron chi connectivity index (χ4n) is 4.30. The van der Waals surface area contributed by atoms with E-state index in [9.17, 15) is 16.8 Å². The maximum Gasteiger partial charge on any atom is 0.245 e. The second-order valence-corrected chi connectivity index (χ2v) is 14.4. The van der Waals surface area contributed by atoms with E-state index in [0.29, 0.717) is 44.0 Å². The Labute approximate surface area is 251 Å². The van der Waals surface area contributed by atoms with Gasteiger partial charge in [-0.15, -0.1) is 0 Å². The number of rotatable bonds is 17. The average molecular weight is 618 g/mol. The summed E-state index contributed by atoms with van der Waals surface area (Å²) in [5.74, 6) is 0. The summed E-state index contributed by atoms with van der Waals surface area (Å²) in [7, 11) is 0.235. The zero-order valence-electron chi connectivity index (χ0n) is 25.1. The van der Waals surface area contributed by atoms with Gasteiger partial charge >= 0.3 is 0 Å². The van der Waals surface area contributed by atoms with E-state index < -0.39 is 20.0 Å². The molecule has 0 bridgehead atoms. The topological polar surface area (TPSA) is 111 Å². The van der Waals surface area contributed by atoms with Crippen LogP contribution in [0.2, 0.25) is 0 Å². The molecule has 0 heterocycles. The highest BCUT2D eigenvalue weighted by molar-refractivity contribution is 7.90. The third-order valence-electron chi connectivity index (χ3n) is 6.67. The molecule has 10 nitrogen and oxygen atoms in total. The molecule has 0 fully saturated rings. The Bertz CT molecular complexity index is 1490. The van der Waals surface area contributed by atoms with Crippen molar-refractivity contribution < 1.29 is 21.6 Å². The minimum absolute atomic E-state index is 0.103. The van der Waals surface area contributed by atoms with Gasteiger partial charge in [0, 0.05) is 60.5 Å². The molecule has 0 spiro atoms. The molecule has 0 radical (unpaired) electrons. The minimum atomic E-state index is -4.11. The SMILES string of the molecule is COCCCNc1cc(NCCN(C)C)c(S(=O)(=O)N(C)Cc2ccccc2)cc1S(=O)(=O)N(C)Cc1ccccc1. The van der Waals surface area contributed by atoms with Gasteiger partial charge in [0.15, 0.2) is 0 Å². The number of hydrogen-bond donors (Lipinski definition) is 2. The van der Waals surface area contributed by atoms with Crippen LogP contribution in [0.25, 0.3) is 0 Å². The van der Waals surface area contributed by atoms with Crippen molar-refractivity contribution in [3.05, 3.63) is 83.9 Å². The molecule has 42 heavy (non-hydrogen) atoms. The Hall–Kier alpha value is -3.00. The Kier molecular flexibility index (Phi) is 12.3. The lowest BCUT2D eigenvalue weighted by Crippen LogP contribution is -2.30. The normalized spacial score (nSPS) is 12.3. The summed E-state index contributed by atoms with van der Waals surface area (Å²) in [5.41, 5.74) is 2.28. The molecule has 12 heteroatoms. The molecule has 2 N–H and O–H groups in total. The number of hydrogen-bond acceptors (Lipinski definition) is 8. The molecule has 3 aromatic carbocycles. The molecule has 0 aliphatic heterocycles. The van der Waals surface area contributed by atoms with E-state index >= 15 is 0 Å². The van der Waals surface area contributed by atoms with E-state index in [-0.39, 0.29) is 22.9 Å². The van der Waals surface area contributed by atoms with Crippen LogP contribution in [0.4, 0.5) is 11.4 Å². The third kappa shape index (κ3) is 9.00. The van der Waals surface area contributed by atoms with Gasteiger partial charge in [-0.2, -0.15) is 8.61 Å². The monoisotopic (exact) mass is 617 g/mol. The van der Waals surface area contributed by atoms with Gasteiger partial charge in [0.25, 0.3) is 0 Å². The molecule has 0 aromatic heterocycles. The lowest BCUT2D eigenvalue weighted by Gasteiger charge is -2.25. The smallest absolute Gasteiger partial charge is 0.245 e. The fraction of sp³-hybridized carbons (Fsp3) is 0.400. The van der Waals surface area contributed by atoms with Gasteiger partial charge in [0.05, 0.1) is 11.4 Å². The summed E-state index contributed by atoms with van der Waals surface area (Å²) in [4.78, 5) is 1.77. The van der Waals surface area contributed by atoms with Gasteiger partial charge < -0.3 is 20.3 Å². The summed E-state index contributed by atoms with van der Waals surface area (Å²) < 4.78 is 63.8. The number of sulfonamides is 2. The Morgan fingerprint density at radius 2 is 1.12 bits per heavy atom. The molecular formula is C30H43N5O5S2. The highest BCUT2D eigenvalue weighted by Gasteiger charge is 2.31. The van der Waals surface area contributed by atoms with E-state index in [0.717, 1.165) is 11.1 Å². The van der Waals surface area contributed by atoms with E-state index in [2.05, 4.69) is 10.6 Å². The van der Waals surface area contributed by atoms with Crippen molar-refractivity contribution in [3.8, 4) is 0 Å². The van der Waals surface area contributed by atoms with Crippen molar-refractivity contribution in [1.29, 1.82) is 0 Å². The molecular weight excluding hydrogens is 574 g/mol. The lowest BCUT2D eigenvalue weighted by atomic mass is 10.2. The highest BCUT2D eigenvalue weighted by Crippen LogP contribution is 2.35. The lowest BCUT2D eigenvalue weighted by molar-refractivity contribution is 0.198. The summed E-state index contributed by atoms with van der Waals surface area (Å²) in [6.45, 7) is 2.30. The summed E-state index contributed by atoms with van der Waals surface area (Å²) in [6, 6.07) is 21.4. The molecule has 0 atom stereocenters. The van der Waals surface area contributed by atoms with Crippen molar-refractivity contribution in [2.45, 2.75) is 29.3 Å². The van der Waals surface area contributed by atoms with Crippen molar-refractivity contribution in [2.24, 2.45) is 0 Å². The number of likely N-dealkylation sites (N-methyl/N-ethyl adjacent to an activating group) is 1. The molecule has 230 valence electrons. The molecule has 0 amide bonds. The van der Waals surface area contributed by atoms with Crippen LogP contribution < -0.4 is 10.6 Å². The standard InChI is InChI=1S/C30H43N5O5S2/c1-33(2)19-18-32-28-21-27(31-17-12-20-40-5)29(41(36,37)34(3)23-25-13-8-6-9-14-25)22-30(28)42(38,39)35(4)24-26-15-10-7-11-16-26/h6-11,13-16,21-22,31-32H,12,17-20,23-24H2,1-5H3. The van der Waals surface area contributed by atoms with Gasteiger partial charge in [-0.1, -0.05) is 60.7 Å². The Morgan fingerprint density at radius 1 is 0.667 bits per heavy atom. The van der Waals surface area contributed by atoms with E-state index in [1.807, 2.05) is 79.7 Å². The number of ether oxygens (including phenoxy) is 1. The molecule has 0 aliphatic carbocycles. The first-order valence-electron chi connectivity index (χ1n) is 13.8. The van der Waals surface area contributed by atoms with Crippen LogP contribution in [0.1, 0.15) is 17.5 Å². The Morgan fingerprint density at radius 3 is 1.55 bits per heavy atom. The summed E-state index contributed by atoms with van der Waals surface area (Å²) in [6.07, 6.45) is 0.638. The number of nitrogens with zero attached hydrogens (tertiary/aromatic N) is 3. The van der Waals surface area contributed by atoms with Gasteiger partial charge in [0.1, 0.15) is 9.79 Å². The zero-order chi connectivity index (χ0) is 30.8. The van der Waals surface area contributed by atoms with Gasteiger partial charge in [-0.05, 0) is 43.8 Å². The first-order valence-corrected chi connectivity index (χ1v) is 16.6. The zero-order valence-corrected chi connectivity index (χ0v) is 26.7. The maximum atomic E-state index is 14.0. The van der Waals surface area contributed by atoms with Gasteiger partial charge in [-0.3, -0.25) is 0 Å². The van der Waals surface area contributed by atoms with E-state index in [4.69, 9.17) is 4.74 Å². The van der Waals surface area contributed by atoms with Crippen molar-refractivity contribution in [1.82, 2.24) is 13.5 Å². The predicted molar refractivity (Wildman–Crippen MR) is 169 cm³/mol. The maximum absolute atomic E-state index is 14.0. The predicted octanol–water partition coefficient (Wildman–Crippen LogP) is 3.75. The molecule has 0 saturated carbocycles. The second kappa shape index (κ2) is 15.5. The molecule has 0 unspecified atom stereocenters. The minimum Gasteiger partial charge on any atom is -0.385 e. The fourth-order valence-corrected chi connectivity index (χ4v) is 7.04. The van der Waals surface area contributed by atoms with Crippen molar-refractivity contribution >= 4 is 31.4 Å². The largest absolute Gasteiger partial charge is 0.385 e. The Balaban J connectivity index is 2.12. The van der Waals surface area contributed by atoms with Gasteiger partial charge in [-0.25, -0.2) is 16.8 Å². The van der Waals surface area contributed by atoms with Crippen LogP contribution in [0.5, 0.6) is 0 Å². The molecule has 0 aliphatic rings. The van der Waals surface area contributed by atoms with Gasteiger partial charge in [0.2, 0.25) is 20.0 Å². The van der Waals surface area contributed by atoms with Crippen molar-refractivity contribution in [3.63, 3.8) is 0 Å². The second-order valence-electron chi connectivity index (χ2n) is 10.3. The van der Waals surface area contributed by atoms with E-state index in [1.54, 1.807) is 13.2 Å². The quantitative estimate of drug-likeness (QED) is 0.221. The van der Waals surface area contributed by atoms with Crippen LogP contribution in [-0.4, -0.2) is 91.9 Å². The van der Waals surface area contributed by atoms with Crippen LogP contribution >= 0.6 is 0 Å². The van der Waals surface area contributed by atoms with Crippen LogP contribution in [-0.2, 0) is 37.9 Å². The van der Waals surface area contributed by atoms with Crippen LogP contribution in [0, 0.1) is 0 Å². The van der Waals surface area contributed by atoms with Crippen LogP contribution in [0.3, 0.4) is 0 Å².